The third kappa shape index (κ3) is 4.40. The molecule has 0 aliphatic heterocycles. The molecule has 228 valence electrons. The summed E-state index contributed by atoms with van der Waals surface area (Å²) in [6.07, 6.45) is 0. The van der Waals surface area contributed by atoms with Gasteiger partial charge in [0.1, 0.15) is 11.2 Å². The maximum Gasteiger partial charge on any atom is 0.136 e. The van der Waals surface area contributed by atoms with Gasteiger partial charge in [-0.25, -0.2) is 0 Å². The molecule has 10 aromatic rings. The van der Waals surface area contributed by atoms with Crippen molar-refractivity contribution in [2.24, 2.45) is 0 Å². The Balaban J connectivity index is 1.39. The van der Waals surface area contributed by atoms with E-state index in [1.165, 1.54) is 0 Å². The third-order valence-electron chi connectivity index (χ3n) is 9.24. The van der Waals surface area contributed by atoms with E-state index in [1.807, 2.05) is 97.1 Å². The van der Waals surface area contributed by atoms with Crippen molar-refractivity contribution in [2.45, 2.75) is 0 Å². The van der Waals surface area contributed by atoms with Gasteiger partial charge in [0.25, 0.3) is 0 Å². The van der Waals surface area contributed by atoms with E-state index < -0.39 is 72.0 Å². The summed E-state index contributed by atoms with van der Waals surface area (Å²) < 4.78 is 104. The molecule has 0 radical (unpaired) electrons. The maximum absolute atomic E-state index is 9.94. The normalized spacial score (nSPS) is 14.8. The molecule has 0 aliphatic carbocycles. The van der Waals surface area contributed by atoms with E-state index in [-0.39, 0.29) is 21.9 Å². The molecule has 0 atom stereocenters. The average molecular weight is 634 g/mol. The smallest absolute Gasteiger partial charge is 0.136 e. The van der Waals surface area contributed by atoms with E-state index in [1.54, 1.807) is 0 Å². The molecular weight excluding hydrogens is 593 g/mol. The fourth-order valence-corrected chi connectivity index (χ4v) is 7.16. The standard InChI is InChI=1S/C48H30O/c1-3-14-31(15-4-1)33-26-27-44-43(29-33)48-41(24-13-25-45(48)49-44)46-37-20-9-11-22-39(37)47(40-23-12-10-21-38(40)46)42-30-35(32-16-5-2-6-17-32)28-34-18-7-8-19-36(34)42/h1-30H/i2D,5D,6D,7D,8D,16D,17D,18D,19D,28D,30D. The summed E-state index contributed by atoms with van der Waals surface area (Å²) in [6.45, 7) is 0. The van der Waals surface area contributed by atoms with Crippen LogP contribution in [0.4, 0.5) is 0 Å². The summed E-state index contributed by atoms with van der Waals surface area (Å²) in [4.78, 5) is 0. The van der Waals surface area contributed by atoms with Gasteiger partial charge in [-0.15, -0.1) is 0 Å². The number of hydrogen-bond acceptors (Lipinski definition) is 1. The van der Waals surface area contributed by atoms with Crippen molar-refractivity contribution in [1.29, 1.82) is 0 Å². The topological polar surface area (TPSA) is 13.1 Å². The van der Waals surface area contributed by atoms with Crippen LogP contribution in [0.3, 0.4) is 0 Å². The Labute approximate surface area is 299 Å². The predicted molar refractivity (Wildman–Crippen MR) is 208 cm³/mol. The molecule has 9 aromatic carbocycles. The van der Waals surface area contributed by atoms with Crippen molar-refractivity contribution in [2.75, 3.05) is 0 Å². The van der Waals surface area contributed by atoms with Crippen molar-refractivity contribution < 1.29 is 19.5 Å². The number of hydrogen-bond donors (Lipinski definition) is 0. The summed E-state index contributed by atoms with van der Waals surface area (Å²) in [5.41, 5.74) is 5.00. The van der Waals surface area contributed by atoms with Gasteiger partial charge in [-0.05, 0) is 107 Å². The molecule has 1 nitrogen and oxygen atoms in total. The van der Waals surface area contributed by atoms with Gasteiger partial charge in [-0.1, -0.05) is 151 Å². The maximum atomic E-state index is 9.94. The zero-order valence-electron chi connectivity index (χ0n) is 36.9. The molecule has 0 bridgehead atoms. The van der Waals surface area contributed by atoms with E-state index in [0.717, 1.165) is 49.4 Å². The molecule has 0 N–H and O–H groups in total. The molecular formula is C48H30O. The van der Waals surface area contributed by atoms with Gasteiger partial charge in [0.05, 0.1) is 15.1 Å². The summed E-state index contributed by atoms with van der Waals surface area (Å²) in [6, 6.07) is 31.1. The third-order valence-corrected chi connectivity index (χ3v) is 9.24. The Morgan fingerprint density at radius 2 is 1.04 bits per heavy atom. The van der Waals surface area contributed by atoms with Gasteiger partial charge in [0.2, 0.25) is 0 Å². The van der Waals surface area contributed by atoms with Gasteiger partial charge >= 0.3 is 0 Å². The van der Waals surface area contributed by atoms with Crippen LogP contribution in [0.5, 0.6) is 0 Å². The second kappa shape index (κ2) is 11.1. The van der Waals surface area contributed by atoms with Crippen molar-refractivity contribution in [3.8, 4) is 44.5 Å². The van der Waals surface area contributed by atoms with Crippen molar-refractivity contribution in [3.63, 3.8) is 0 Å². The lowest BCUT2D eigenvalue weighted by molar-refractivity contribution is 0.669. The molecule has 1 heteroatoms. The van der Waals surface area contributed by atoms with Crippen LogP contribution in [0.25, 0.3) is 98.8 Å². The van der Waals surface area contributed by atoms with Gasteiger partial charge in [0, 0.05) is 10.8 Å². The highest BCUT2D eigenvalue weighted by molar-refractivity contribution is 6.27. The first-order valence-electron chi connectivity index (χ1n) is 21.5. The van der Waals surface area contributed by atoms with Crippen LogP contribution in [0, 0.1) is 0 Å². The molecule has 0 aliphatic rings. The molecule has 49 heavy (non-hydrogen) atoms. The lowest BCUT2D eigenvalue weighted by atomic mass is 9.83. The summed E-state index contributed by atoms with van der Waals surface area (Å²) in [5.74, 6) is 0. The lowest BCUT2D eigenvalue weighted by Gasteiger charge is -2.20. The van der Waals surface area contributed by atoms with Crippen molar-refractivity contribution >= 4 is 54.3 Å². The Hall–Kier alpha value is -6.44. The molecule has 0 unspecified atom stereocenters. The average Bonchev–Trinajstić information content (AvgIpc) is 3.65. The minimum atomic E-state index is -0.654. The van der Waals surface area contributed by atoms with E-state index in [9.17, 15) is 4.11 Å². The van der Waals surface area contributed by atoms with Crippen LogP contribution in [-0.4, -0.2) is 0 Å². The van der Waals surface area contributed by atoms with E-state index >= 15 is 0 Å². The largest absolute Gasteiger partial charge is 0.456 e. The first kappa shape index (κ1) is 18.8. The number of furan rings is 1. The first-order valence-corrected chi connectivity index (χ1v) is 16.0. The quantitative estimate of drug-likeness (QED) is 0.176. The van der Waals surface area contributed by atoms with Crippen LogP contribution in [0.15, 0.2) is 186 Å². The summed E-state index contributed by atoms with van der Waals surface area (Å²) in [7, 11) is 0. The highest BCUT2D eigenvalue weighted by atomic mass is 16.3. The van der Waals surface area contributed by atoms with E-state index in [0.29, 0.717) is 21.9 Å². The molecule has 0 spiro atoms. The second-order valence-electron chi connectivity index (χ2n) is 11.9. The Kier molecular flexibility index (Phi) is 4.25. The zero-order valence-corrected chi connectivity index (χ0v) is 25.9. The zero-order chi connectivity index (χ0) is 41.9. The van der Waals surface area contributed by atoms with E-state index in [2.05, 4.69) is 18.2 Å². The molecule has 10 rings (SSSR count). The van der Waals surface area contributed by atoms with Crippen molar-refractivity contribution in [3.05, 3.63) is 182 Å². The lowest BCUT2D eigenvalue weighted by Crippen LogP contribution is -1.93. The molecule has 1 heterocycles. The van der Waals surface area contributed by atoms with E-state index in [4.69, 9.17) is 15.4 Å². The van der Waals surface area contributed by atoms with Gasteiger partial charge in [-0.2, -0.15) is 0 Å². The summed E-state index contributed by atoms with van der Waals surface area (Å²) in [5, 5.41) is 4.31. The first-order chi connectivity index (χ1) is 28.9. The highest BCUT2D eigenvalue weighted by Crippen LogP contribution is 2.48. The van der Waals surface area contributed by atoms with Crippen LogP contribution >= 0.6 is 0 Å². The SMILES string of the molecule is [2H]c1c([2H])c([2H])c(-c2c([2H])c(-c3c4ccccc4c(-c4cccc5oc6ccc(-c7ccccc7)cc6c45)c4ccccc34)c3c([2H])c([2H])c([2H])c([2H])c3c2[2H])c([2H])c1[2H]. The fourth-order valence-electron chi connectivity index (χ4n) is 7.16. The number of fused-ring (bicyclic) bond motifs is 6. The molecule has 0 fully saturated rings. The van der Waals surface area contributed by atoms with Crippen LogP contribution in [0.2, 0.25) is 0 Å². The van der Waals surface area contributed by atoms with Gasteiger partial charge in [-0.3, -0.25) is 0 Å². The molecule has 1 aromatic heterocycles. The number of rotatable bonds is 4. The van der Waals surface area contributed by atoms with Crippen LogP contribution in [-0.2, 0) is 0 Å². The monoisotopic (exact) mass is 633 g/mol. The second-order valence-corrected chi connectivity index (χ2v) is 11.9. The highest BCUT2D eigenvalue weighted by Gasteiger charge is 2.21. The Bertz CT molecular complexity index is 3420. The van der Waals surface area contributed by atoms with Crippen LogP contribution in [0.1, 0.15) is 15.1 Å². The minimum absolute atomic E-state index is 0.0493. The summed E-state index contributed by atoms with van der Waals surface area (Å²) >= 11 is 0. The molecule has 0 amide bonds. The Morgan fingerprint density at radius 3 is 1.78 bits per heavy atom. The van der Waals surface area contributed by atoms with Gasteiger partial charge in [0.15, 0.2) is 0 Å². The Morgan fingerprint density at radius 1 is 0.388 bits per heavy atom. The van der Waals surface area contributed by atoms with Gasteiger partial charge < -0.3 is 4.42 Å². The number of benzene rings is 9. The van der Waals surface area contributed by atoms with Crippen LogP contribution < -0.4 is 0 Å². The predicted octanol–water partition coefficient (Wildman–Crippen LogP) is 13.7. The molecule has 0 saturated carbocycles. The minimum Gasteiger partial charge on any atom is -0.456 e. The molecule has 0 saturated heterocycles. The fraction of sp³-hybridized carbons (Fsp3) is 0. The van der Waals surface area contributed by atoms with Crippen molar-refractivity contribution in [1.82, 2.24) is 0 Å².